The molecular formula is C16H26N2O4. The zero-order valence-electron chi connectivity index (χ0n) is 14.0. The van der Waals surface area contributed by atoms with Gasteiger partial charge in [0.15, 0.2) is 0 Å². The largest absolute Gasteiger partial charge is 0.481 e. The Morgan fingerprint density at radius 2 is 2.05 bits per heavy atom. The van der Waals surface area contributed by atoms with Gasteiger partial charge in [0, 0.05) is 31.5 Å². The van der Waals surface area contributed by atoms with Gasteiger partial charge < -0.3 is 19.7 Å². The molecule has 0 aromatic carbocycles. The lowest BCUT2D eigenvalue weighted by atomic mass is 9.97. The Bertz CT molecular complexity index is 534. The molecule has 0 fully saturated rings. The predicted octanol–water partition coefficient (Wildman–Crippen LogP) is 1.96. The standard InChI is InChI=1S/C16H26N2O4/c1-10(2)6-12(15(19)20)8-17-9-13-7-14(16(21)22-5)11(3)18(13)4/h7,10,12,17H,6,8-9H2,1-5H3,(H,19,20). The zero-order valence-corrected chi connectivity index (χ0v) is 14.0. The lowest BCUT2D eigenvalue weighted by Gasteiger charge is -2.15. The number of carbonyl (C=O) groups excluding carboxylic acids is 1. The molecule has 1 aromatic heterocycles. The van der Waals surface area contributed by atoms with Crippen molar-refractivity contribution in [3.63, 3.8) is 0 Å². The van der Waals surface area contributed by atoms with Crippen LogP contribution in [0.4, 0.5) is 0 Å². The van der Waals surface area contributed by atoms with Gasteiger partial charge in [0.2, 0.25) is 0 Å². The van der Waals surface area contributed by atoms with Gasteiger partial charge in [0.1, 0.15) is 0 Å². The second kappa shape index (κ2) is 7.98. The number of aliphatic carboxylic acids is 1. The second-order valence-electron chi connectivity index (χ2n) is 5.98. The summed E-state index contributed by atoms with van der Waals surface area (Å²) < 4.78 is 6.67. The summed E-state index contributed by atoms with van der Waals surface area (Å²) in [5, 5.41) is 12.4. The minimum Gasteiger partial charge on any atom is -0.481 e. The molecule has 2 N–H and O–H groups in total. The van der Waals surface area contributed by atoms with Crippen LogP contribution in [0.15, 0.2) is 6.07 Å². The van der Waals surface area contributed by atoms with E-state index in [1.807, 2.05) is 32.4 Å². The molecule has 0 saturated carbocycles. The maximum absolute atomic E-state index is 11.7. The fraction of sp³-hybridized carbons (Fsp3) is 0.625. The molecule has 1 heterocycles. The highest BCUT2D eigenvalue weighted by atomic mass is 16.5. The van der Waals surface area contributed by atoms with Crippen LogP contribution >= 0.6 is 0 Å². The summed E-state index contributed by atoms with van der Waals surface area (Å²) in [4.78, 5) is 22.9. The van der Waals surface area contributed by atoms with E-state index < -0.39 is 11.9 Å². The lowest BCUT2D eigenvalue weighted by molar-refractivity contribution is -0.142. The predicted molar refractivity (Wildman–Crippen MR) is 83.8 cm³/mol. The number of hydrogen-bond donors (Lipinski definition) is 2. The number of esters is 1. The van der Waals surface area contributed by atoms with Crippen LogP contribution in [0.1, 0.15) is 42.0 Å². The molecule has 0 spiro atoms. The maximum Gasteiger partial charge on any atom is 0.339 e. The van der Waals surface area contributed by atoms with Crippen LogP contribution in [-0.2, 0) is 23.1 Å². The molecule has 6 heteroatoms. The number of aromatic nitrogens is 1. The molecule has 0 bridgehead atoms. The van der Waals surface area contributed by atoms with Gasteiger partial charge >= 0.3 is 11.9 Å². The molecule has 1 atom stereocenters. The van der Waals surface area contributed by atoms with Crippen molar-refractivity contribution in [2.45, 2.75) is 33.7 Å². The average Bonchev–Trinajstić information content (AvgIpc) is 2.73. The quantitative estimate of drug-likeness (QED) is 0.717. The number of carboxylic acids is 1. The van der Waals surface area contributed by atoms with Crippen LogP contribution in [0.3, 0.4) is 0 Å². The fourth-order valence-corrected chi connectivity index (χ4v) is 2.47. The average molecular weight is 310 g/mol. The van der Waals surface area contributed by atoms with Crippen LogP contribution in [0, 0.1) is 18.8 Å². The van der Waals surface area contributed by atoms with E-state index in [2.05, 4.69) is 5.32 Å². The summed E-state index contributed by atoms with van der Waals surface area (Å²) >= 11 is 0. The molecule has 0 aliphatic rings. The molecule has 1 rings (SSSR count). The number of nitrogens with zero attached hydrogens (tertiary/aromatic N) is 1. The Labute approximate surface area is 131 Å². The first kappa shape index (κ1) is 18.2. The zero-order chi connectivity index (χ0) is 16.9. The van der Waals surface area contributed by atoms with Crippen LogP contribution in [0.25, 0.3) is 0 Å². The molecule has 0 radical (unpaired) electrons. The van der Waals surface area contributed by atoms with Gasteiger partial charge in [0.25, 0.3) is 0 Å². The Kier molecular flexibility index (Phi) is 6.61. The van der Waals surface area contributed by atoms with E-state index in [0.29, 0.717) is 31.0 Å². The van der Waals surface area contributed by atoms with Gasteiger partial charge in [-0.2, -0.15) is 0 Å². The van der Waals surface area contributed by atoms with Crippen LogP contribution < -0.4 is 5.32 Å². The first-order chi connectivity index (χ1) is 10.3. The summed E-state index contributed by atoms with van der Waals surface area (Å²) in [6.07, 6.45) is 0.641. The Balaban J connectivity index is 2.68. The molecule has 6 nitrogen and oxygen atoms in total. The minimum atomic E-state index is -0.778. The summed E-state index contributed by atoms with van der Waals surface area (Å²) in [5.41, 5.74) is 2.30. The normalized spacial score (nSPS) is 12.5. The molecule has 124 valence electrons. The molecule has 1 unspecified atom stereocenters. The molecule has 0 amide bonds. The van der Waals surface area contributed by atoms with Gasteiger partial charge in [-0.1, -0.05) is 13.8 Å². The fourth-order valence-electron chi connectivity index (χ4n) is 2.47. The van der Waals surface area contributed by atoms with Gasteiger partial charge in [-0.25, -0.2) is 4.79 Å². The van der Waals surface area contributed by atoms with Crippen LogP contribution in [0.5, 0.6) is 0 Å². The van der Waals surface area contributed by atoms with E-state index in [-0.39, 0.29) is 5.97 Å². The van der Waals surface area contributed by atoms with Crippen molar-refractivity contribution in [2.75, 3.05) is 13.7 Å². The Morgan fingerprint density at radius 3 is 2.55 bits per heavy atom. The van der Waals surface area contributed by atoms with Crippen molar-refractivity contribution >= 4 is 11.9 Å². The second-order valence-corrected chi connectivity index (χ2v) is 5.98. The summed E-state index contributed by atoms with van der Waals surface area (Å²) in [6, 6.07) is 1.78. The van der Waals surface area contributed by atoms with Crippen molar-refractivity contribution in [1.29, 1.82) is 0 Å². The molecule has 0 saturated heterocycles. The number of ether oxygens (including phenoxy) is 1. The van der Waals surface area contributed by atoms with Crippen molar-refractivity contribution in [3.05, 3.63) is 23.0 Å². The Hall–Kier alpha value is -1.82. The lowest BCUT2D eigenvalue weighted by Crippen LogP contribution is -2.29. The van der Waals surface area contributed by atoms with Crippen molar-refractivity contribution in [1.82, 2.24) is 9.88 Å². The minimum absolute atomic E-state index is 0.339. The third-order valence-corrected chi connectivity index (χ3v) is 3.84. The summed E-state index contributed by atoms with van der Waals surface area (Å²) in [5.74, 6) is -1.20. The van der Waals surface area contributed by atoms with Crippen molar-refractivity contribution < 1.29 is 19.4 Å². The molecule has 0 aliphatic heterocycles. The van der Waals surface area contributed by atoms with Gasteiger partial charge in [-0.15, -0.1) is 0 Å². The third kappa shape index (κ3) is 4.59. The van der Waals surface area contributed by atoms with Gasteiger partial charge in [-0.05, 0) is 25.3 Å². The molecule has 1 aromatic rings. The SMILES string of the molecule is COC(=O)c1cc(CNCC(CC(C)C)C(=O)O)n(C)c1C. The van der Waals surface area contributed by atoms with E-state index in [4.69, 9.17) is 4.74 Å². The van der Waals surface area contributed by atoms with Crippen LogP contribution in [0.2, 0.25) is 0 Å². The summed E-state index contributed by atoms with van der Waals surface area (Å²) in [7, 11) is 3.23. The first-order valence-electron chi connectivity index (χ1n) is 7.44. The van der Waals surface area contributed by atoms with E-state index in [9.17, 15) is 14.7 Å². The van der Waals surface area contributed by atoms with Gasteiger partial charge in [-0.3, -0.25) is 4.79 Å². The van der Waals surface area contributed by atoms with Crippen molar-refractivity contribution in [3.8, 4) is 0 Å². The first-order valence-corrected chi connectivity index (χ1v) is 7.44. The maximum atomic E-state index is 11.7. The topological polar surface area (TPSA) is 80.6 Å². The van der Waals surface area contributed by atoms with Gasteiger partial charge in [0.05, 0.1) is 18.6 Å². The van der Waals surface area contributed by atoms with E-state index in [0.717, 1.165) is 11.4 Å². The number of carboxylic acid groups (broad SMARTS) is 1. The number of rotatable bonds is 8. The number of hydrogen-bond acceptors (Lipinski definition) is 4. The molecule has 0 aliphatic carbocycles. The summed E-state index contributed by atoms with van der Waals surface area (Å²) in [6.45, 7) is 6.80. The van der Waals surface area contributed by atoms with E-state index in [1.165, 1.54) is 7.11 Å². The highest BCUT2D eigenvalue weighted by molar-refractivity contribution is 5.91. The van der Waals surface area contributed by atoms with Crippen molar-refractivity contribution in [2.24, 2.45) is 18.9 Å². The van der Waals surface area contributed by atoms with Crippen LogP contribution in [-0.4, -0.2) is 35.3 Å². The monoisotopic (exact) mass is 310 g/mol. The highest BCUT2D eigenvalue weighted by Gasteiger charge is 2.19. The smallest absolute Gasteiger partial charge is 0.339 e. The molecule has 22 heavy (non-hydrogen) atoms. The van der Waals surface area contributed by atoms with E-state index >= 15 is 0 Å². The number of methoxy groups -OCH3 is 1. The Morgan fingerprint density at radius 1 is 1.41 bits per heavy atom. The number of nitrogens with one attached hydrogen (secondary N) is 1. The van der Waals surface area contributed by atoms with E-state index in [1.54, 1.807) is 6.07 Å². The highest BCUT2D eigenvalue weighted by Crippen LogP contribution is 2.16. The number of carbonyl (C=O) groups is 2. The molecular weight excluding hydrogens is 284 g/mol. The third-order valence-electron chi connectivity index (χ3n) is 3.84.